The van der Waals surface area contributed by atoms with E-state index in [4.69, 9.17) is 4.74 Å². The highest BCUT2D eigenvalue weighted by Gasteiger charge is 2.15. The van der Waals surface area contributed by atoms with Crippen LogP contribution in [0.2, 0.25) is 0 Å². The Morgan fingerprint density at radius 2 is 2.21 bits per heavy atom. The van der Waals surface area contributed by atoms with Crippen LogP contribution in [0, 0.1) is 12.8 Å². The third-order valence-corrected chi connectivity index (χ3v) is 3.51. The van der Waals surface area contributed by atoms with Crippen molar-refractivity contribution in [1.29, 1.82) is 0 Å². The number of nitrogens with one attached hydrogen (secondary N) is 1. The van der Waals surface area contributed by atoms with Gasteiger partial charge in [0.25, 0.3) is 0 Å². The van der Waals surface area contributed by atoms with Gasteiger partial charge >= 0.3 is 0 Å². The zero-order valence-corrected chi connectivity index (χ0v) is 11.2. The van der Waals surface area contributed by atoms with Crippen molar-refractivity contribution >= 4 is 0 Å². The average Bonchev–Trinajstić information content (AvgIpc) is 3.09. The number of aryl methyl sites for hydroxylation is 1. The van der Waals surface area contributed by atoms with Crippen molar-refractivity contribution in [2.45, 2.75) is 13.3 Å². The van der Waals surface area contributed by atoms with Gasteiger partial charge in [-0.3, -0.25) is 0 Å². The van der Waals surface area contributed by atoms with E-state index in [-0.39, 0.29) is 0 Å². The molecule has 1 saturated heterocycles. The van der Waals surface area contributed by atoms with Crippen LogP contribution in [0.1, 0.15) is 12.0 Å². The van der Waals surface area contributed by atoms with Crippen LogP contribution in [-0.4, -0.2) is 29.5 Å². The minimum atomic E-state index is 0.628. The Hall–Kier alpha value is -1.81. The van der Waals surface area contributed by atoms with Gasteiger partial charge in [-0.1, -0.05) is 17.7 Å². The van der Waals surface area contributed by atoms with Crippen LogP contribution in [0.4, 0.5) is 0 Å². The lowest BCUT2D eigenvalue weighted by atomic mass is 10.1. The summed E-state index contributed by atoms with van der Waals surface area (Å²) in [5.41, 5.74) is 2.31. The normalized spacial score (nSPS) is 18.7. The molecular formula is C15H19N3O. The Labute approximate surface area is 113 Å². The number of nitrogens with zero attached hydrogens (tertiary/aromatic N) is 2. The van der Waals surface area contributed by atoms with Crippen LogP contribution in [-0.2, 0) is 0 Å². The highest BCUT2D eigenvalue weighted by molar-refractivity contribution is 5.34. The molecule has 0 saturated carbocycles. The fraction of sp³-hybridized carbons (Fsp3) is 0.400. The van der Waals surface area contributed by atoms with Crippen LogP contribution in [0.15, 0.2) is 36.7 Å². The molecule has 1 atom stereocenters. The Kier molecular flexibility index (Phi) is 3.51. The summed E-state index contributed by atoms with van der Waals surface area (Å²) in [5.74, 6) is 1.47. The highest BCUT2D eigenvalue weighted by Crippen LogP contribution is 2.16. The number of benzene rings is 1. The van der Waals surface area contributed by atoms with Gasteiger partial charge in [0, 0.05) is 12.5 Å². The predicted octanol–water partition coefficient (Wildman–Crippen LogP) is 2.17. The van der Waals surface area contributed by atoms with Gasteiger partial charge in [0.15, 0.2) is 5.75 Å². The van der Waals surface area contributed by atoms with Crippen molar-refractivity contribution in [2.75, 3.05) is 19.7 Å². The molecule has 4 heteroatoms. The minimum Gasteiger partial charge on any atom is -0.490 e. The molecule has 2 aromatic rings. The molecule has 2 heterocycles. The van der Waals surface area contributed by atoms with Crippen LogP contribution in [0.3, 0.4) is 0 Å². The lowest BCUT2D eigenvalue weighted by molar-refractivity contribution is 0.260. The summed E-state index contributed by atoms with van der Waals surface area (Å²) >= 11 is 0. The summed E-state index contributed by atoms with van der Waals surface area (Å²) in [6.07, 6.45) is 4.92. The summed E-state index contributed by atoms with van der Waals surface area (Å²) in [7, 11) is 0. The maximum Gasteiger partial charge on any atom is 0.157 e. The Bertz CT molecular complexity index is 527. The highest BCUT2D eigenvalue weighted by atomic mass is 16.5. The number of ether oxygens (including phenoxy) is 1. The third-order valence-electron chi connectivity index (χ3n) is 3.51. The first-order valence-electron chi connectivity index (χ1n) is 6.76. The van der Waals surface area contributed by atoms with E-state index in [1.54, 1.807) is 6.20 Å². The molecule has 0 radical (unpaired) electrons. The van der Waals surface area contributed by atoms with Gasteiger partial charge in [-0.2, -0.15) is 5.10 Å². The Morgan fingerprint density at radius 3 is 2.95 bits per heavy atom. The summed E-state index contributed by atoms with van der Waals surface area (Å²) in [6, 6.07) is 8.30. The van der Waals surface area contributed by atoms with Crippen molar-refractivity contribution in [3.63, 3.8) is 0 Å². The molecule has 1 aromatic carbocycles. The summed E-state index contributed by atoms with van der Waals surface area (Å²) in [6.45, 7) is 5.02. The molecule has 3 rings (SSSR count). The first-order chi connectivity index (χ1) is 9.31. The molecule has 1 aromatic heterocycles. The zero-order chi connectivity index (χ0) is 13.1. The topological polar surface area (TPSA) is 39.1 Å². The lowest BCUT2D eigenvalue weighted by Crippen LogP contribution is -2.15. The molecule has 1 N–H and O–H groups in total. The summed E-state index contributed by atoms with van der Waals surface area (Å²) < 4.78 is 7.64. The van der Waals surface area contributed by atoms with Crippen LogP contribution in [0.5, 0.6) is 5.75 Å². The molecule has 100 valence electrons. The van der Waals surface area contributed by atoms with E-state index in [2.05, 4.69) is 41.6 Å². The van der Waals surface area contributed by atoms with E-state index in [0.29, 0.717) is 5.92 Å². The second kappa shape index (κ2) is 5.45. The van der Waals surface area contributed by atoms with Crippen molar-refractivity contribution in [3.8, 4) is 11.4 Å². The number of rotatable bonds is 4. The van der Waals surface area contributed by atoms with E-state index >= 15 is 0 Å². The Morgan fingerprint density at radius 1 is 1.37 bits per heavy atom. The second-order valence-corrected chi connectivity index (χ2v) is 5.13. The van der Waals surface area contributed by atoms with Crippen molar-refractivity contribution in [3.05, 3.63) is 42.2 Å². The molecule has 4 nitrogen and oxygen atoms in total. The second-order valence-electron chi connectivity index (χ2n) is 5.13. The lowest BCUT2D eigenvalue weighted by Gasteiger charge is -2.08. The molecule has 19 heavy (non-hydrogen) atoms. The number of hydrogen-bond donors (Lipinski definition) is 1. The first kappa shape index (κ1) is 12.2. The van der Waals surface area contributed by atoms with Gasteiger partial charge in [0.2, 0.25) is 0 Å². The van der Waals surface area contributed by atoms with E-state index in [9.17, 15) is 0 Å². The van der Waals surface area contributed by atoms with Gasteiger partial charge in [-0.15, -0.1) is 0 Å². The zero-order valence-electron chi connectivity index (χ0n) is 11.2. The van der Waals surface area contributed by atoms with Crippen LogP contribution < -0.4 is 10.1 Å². The molecule has 1 fully saturated rings. The number of aromatic nitrogens is 2. The predicted molar refractivity (Wildman–Crippen MR) is 74.8 cm³/mol. The molecule has 0 bridgehead atoms. The minimum absolute atomic E-state index is 0.628. The maximum atomic E-state index is 5.79. The van der Waals surface area contributed by atoms with E-state index in [0.717, 1.165) is 31.1 Å². The number of hydrogen-bond acceptors (Lipinski definition) is 3. The van der Waals surface area contributed by atoms with E-state index in [1.165, 1.54) is 12.0 Å². The largest absolute Gasteiger partial charge is 0.490 e. The van der Waals surface area contributed by atoms with Crippen molar-refractivity contribution in [2.24, 2.45) is 5.92 Å². The van der Waals surface area contributed by atoms with E-state index < -0.39 is 0 Å². The molecule has 0 aliphatic carbocycles. The molecule has 1 aliphatic heterocycles. The third kappa shape index (κ3) is 2.96. The van der Waals surface area contributed by atoms with E-state index in [1.807, 2.05) is 10.9 Å². The SMILES string of the molecule is Cc1ccc(-n2cc(OCC3CCNC3)cn2)cc1. The standard InChI is InChI=1S/C15H19N3O/c1-12-2-4-14(5-3-12)18-10-15(9-17-18)19-11-13-6-7-16-8-13/h2-5,9-10,13,16H,6-8,11H2,1H3. The molecular weight excluding hydrogens is 238 g/mol. The van der Waals surface area contributed by atoms with Crippen molar-refractivity contribution < 1.29 is 4.74 Å². The van der Waals surface area contributed by atoms with Gasteiger partial charge in [-0.25, -0.2) is 4.68 Å². The van der Waals surface area contributed by atoms with Crippen LogP contribution >= 0.6 is 0 Å². The average molecular weight is 257 g/mol. The van der Waals surface area contributed by atoms with Gasteiger partial charge in [-0.05, 0) is 32.0 Å². The molecule has 1 aliphatic rings. The fourth-order valence-corrected chi connectivity index (χ4v) is 2.29. The van der Waals surface area contributed by atoms with Crippen LogP contribution in [0.25, 0.3) is 5.69 Å². The maximum absolute atomic E-state index is 5.79. The van der Waals surface area contributed by atoms with Gasteiger partial charge in [0.1, 0.15) is 0 Å². The molecule has 0 spiro atoms. The Balaban J connectivity index is 1.63. The van der Waals surface area contributed by atoms with Gasteiger partial charge < -0.3 is 10.1 Å². The molecule has 1 unspecified atom stereocenters. The van der Waals surface area contributed by atoms with Gasteiger partial charge in [0.05, 0.1) is 24.7 Å². The molecule has 0 amide bonds. The first-order valence-corrected chi connectivity index (χ1v) is 6.76. The van der Waals surface area contributed by atoms with Crippen molar-refractivity contribution in [1.82, 2.24) is 15.1 Å². The quantitative estimate of drug-likeness (QED) is 0.912. The fourth-order valence-electron chi connectivity index (χ4n) is 2.29. The summed E-state index contributed by atoms with van der Waals surface area (Å²) in [4.78, 5) is 0. The summed E-state index contributed by atoms with van der Waals surface area (Å²) in [5, 5.41) is 7.68. The smallest absolute Gasteiger partial charge is 0.157 e. The monoisotopic (exact) mass is 257 g/mol.